The number of fused-ring (bicyclic) bond motifs is 2. The van der Waals surface area contributed by atoms with Crippen LogP contribution >= 0.6 is 35.1 Å². The molecule has 1 aliphatic rings. The quantitative estimate of drug-likeness (QED) is 0.285. The first-order valence-electron chi connectivity index (χ1n) is 8.99. The van der Waals surface area contributed by atoms with E-state index in [1.54, 1.807) is 17.0 Å². The van der Waals surface area contributed by atoms with E-state index in [0.717, 1.165) is 21.6 Å². The lowest BCUT2D eigenvalue weighted by atomic mass is 10.3. The molecule has 3 heterocycles. The normalized spacial score (nSPS) is 12.5. The smallest absolute Gasteiger partial charge is 0.324 e. The molecule has 2 aromatic heterocycles. The number of rotatable bonds is 7. The number of aromatic nitrogens is 1. The molecule has 31 heavy (non-hydrogen) atoms. The van der Waals surface area contributed by atoms with Gasteiger partial charge in [-0.15, -0.1) is 12.4 Å². The van der Waals surface area contributed by atoms with Crippen molar-refractivity contribution < 1.29 is 19.2 Å². The second-order valence-corrected chi connectivity index (χ2v) is 8.83. The Hall–Kier alpha value is -2.73. The second kappa shape index (κ2) is 9.60. The minimum absolute atomic E-state index is 0. The fourth-order valence-corrected chi connectivity index (χ4v) is 4.53. The lowest BCUT2D eigenvalue weighted by Crippen LogP contribution is -2.35. The largest absolute Gasteiger partial charge is 0.454 e. The van der Waals surface area contributed by atoms with Gasteiger partial charge in [0.05, 0.1) is 15.1 Å². The summed E-state index contributed by atoms with van der Waals surface area (Å²) in [7, 11) is 3.86. The van der Waals surface area contributed by atoms with Crippen LogP contribution in [-0.4, -0.2) is 54.7 Å². The highest BCUT2D eigenvalue weighted by molar-refractivity contribution is 7.22. The van der Waals surface area contributed by atoms with E-state index in [1.807, 2.05) is 31.1 Å². The second-order valence-electron chi connectivity index (χ2n) is 6.73. The molecule has 0 unspecified atom stereocenters. The van der Waals surface area contributed by atoms with Crippen molar-refractivity contribution in [2.75, 3.05) is 38.9 Å². The summed E-state index contributed by atoms with van der Waals surface area (Å²) < 4.78 is 11.7. The van der Waals surface area contributed by atoms with Crippen LogP contribution in [0.15, 0.2) is 30.3 Å². The van der Waals surface area contributed by atoms with Crippen LogP contribution in [0.2, 0.25) is 0 Å². The number of nitrogens with zero attached hydrogens (tertiary/aromatic N) is 4. The Morgan fingerprint density at radius 3 is 2.65 bits per heavy atom. The standard InChI is InChI=1S/C19H18N4O5S2.ClH/c1-21(2)7-8-22(17(24)5-3-12-4-6-18(29-12)23(25)26)19-20-13-9-14-15(28-11-27-14)10-16(13)30-19;/h3-6,9-10H,7-8,11H2,1-2H3;1H. The molecule has 12 heteroatoms. The molecule has 1 aliphatic heterocycles. The molecule has 0 spiro atoms. The molecule has 0 atom stereocenters. The van der Waals surface area contributed by atoms with Crippen molar-refractivity contribution >= 4 is 67.4 Å². The molecule has 0 N–H and O–H groups in total. The van der Waals surface area contributed by atoms with E-state index in [4.69, 9.17) is 9.47 Å². The van der Waals surface area contributed by atoms with Crippen molar-refractivity contribution in [3.05, 3.63) is 45.3 Å². The monoisotopic (exact) mass is 482 g/mol. The maximum Gasteiger partial charge on any atom is 0.324 e. The molecule has 0 bridgehead atoms. The lowest BCUT2D eigenvalue weighted by molar-refractivity contribution is -0.380. The number of likely N-dealkylation sites (N-methyl/N-ethyl adjacent to an activating group) is 1. The van der Waals surface area contributed by atoms with Crippen LogP contribution in [-0.2, 0) is 4.79 Å². The first-order valence-corrected chi connectivity index (χ1v) is 10.6. The van der Waals surface area contributed by atoms with Crippen LogP contribution in [0.3, 0.4) is 0 Å². The number of hydrogen-bond acceptors (Lipinski definition) is 9. The Balaban J connectivity index is 0.00000272. The summed E-state index contributed by atoms with van der Waals surface area (Å²) in [6.45, 7) is 1.30. The number of anilines is 1. The Morgan fingerprint density at radius 2 is 1.97 bits per heavy atom. The fraction of sp³-hybridized carbons (Fsp3) is 0.263. The summed E-state index contributed by atoms with van der Waals surface area (Å²) in [6, 6.07) is 6.73. The number of ether oxygens (including phenoxy) is 2. The number of hydrogen-bond donors (Lipinski definition) is 0. The van der Waals surface area contributed by atoms with Crippen molar-refractivity contribution in [2.45, 2.75) is 0 Å². The summed E-state index contributed by atoms with van der Waals surface area (Å²) in [6.07, 6.45) is 3.01. The molecule has 0 radical (unpaired) electrons. The first-order chi connectivity index (χ1) is 14.4. The van der Waals surface area contributed by atoms with Gasteiger partial charge in [-0.05, 0) is 26.2 Å². The van der Waals surface area contributed by atoms with Gasteiger partial charge in [-0.2, -0.15) is 0 Å². The molecule has 0 saturated heterocycles. The predicted molar refractivity (Wildman–Crippen MR) is 124 cm³/mol. The van der Waals surface area contributed by atoms with E-state index >= 15 is 0 Å². The van der Waals surface area contributed by atoms with Crippen molar-refractivity contribution in [3.8, 4) is 11.5 Å². The summed E-state index contributed by atoms with van der Waals surface area (Å²) in [5.74, 6) is 1.07. The van der Waals surface area contributed by atoms with Crippen molar-refractivity contribution in [1.82, 2.24) is 9.88 Å². The molecule has 9 nitrogen and oxygen atoms in total. The van der Waals surface area contributed by atoms with Gasteiger partial charge in [-0.3, -0.25) is 19.8 Å². The van der Waals surface area contributed by atoms with Gasteiger partial charge in [-0.25, -0.2) is 4.98 Å². The maximum absolute atomic E-state index is 13.0. The Labute approximate surface area is 192 Å². The van der Waals surface area contributed by atoms with Crippen molar-refractivity contribution in [3.63, 3.8) is 0 Å². The van der Waals surface area contributed by atoms with Gasteiger partial charge >= 0.3 is 5.00 Å². The highest BCUT2D eigenvalue weighted by Crippen LogP contribution is 2.39. The fourth-order valence-electron chi connectivity index (χ4n) is 2.79. The summed E-state index contributed by atoms with van der Waals surface area (Å²) in [5, 5.41) is 11.4. The number of nitro groups is 1. The van der Waals surface area contributed by atoms with Gasteiger partial charge in [-0.1, -0.05) is 22.7 Å². The van der Waals surface area contributed by atoms with E-state index in [2.05, 4.69) is 4.98 Å². The zero-order valence-corrected chi connectivity index (χ0v) is 19.1. The first kappa shape index (κ1) is 22.9. The maximum atomic E-state index is 13.0. The zero-order valence-electron chi connectivity index (χ0n) is 16.6. The Morgan fingerprint density at radius 1 is 1.23 bits per heavy atom. The number of amides is 1. The lowest BCUT2D eigenvalue weighted by Gasteiger charge is -2.20. The van der Waals surface area contributed by atoms with Gasteiger partial charge in [0.1, 0.15) is 0 Å². The average Bonchev–Trinajstić information content (AvgIpc) is 3.42. The molecule has 1 aromatic carbocycles. The third-order valence-corrected chi connectivity index (χ3v) is 6.37. The molecule has 0 saturated carbocycles. The number of thiazole rings is 1. The summed E-state index contributed by atoms with van der Waals surface area (Å²) in [5.41, 5.74) is 0.736. The van der Waals surface area contributed by atoms with Gasteiger partial charge in [0.15, 0.2) is 16.6 Å². The van der Waals surface area contributed by atoms with Crippen LogP contribution in [0.25, 0.3) is 16.3 Å². The SMILES string of the molecule is CN(C)CCN(C(=O)C=Cc1ccc([N+](=O)[O-])s1)c1nc2cc3c(cc2s1)OCO3.Cl. The van der Waals surface area contributed by atoms with Gasteiger partial charge in [0.2, 0.25) is 6.79 Å². The van der Waals surface area contributed by atoms with Gasteiger partial charge < -0.3 is 14.4 Å². The number of thiophene rings is 1. The predicted octanol–water partition coefficient (Wildman–Crippen LogP) is 4.02. The van der Waals surface area contributed by atoms with Gasteiger partial charge in [0.25, 0.3) is 5.91 Å². The number of halogens is 1. The molecular weight excluding hydrogens is 464 g/mol. The third kappa shape index (κ3) is 5.13. The van der Waals surface area contributed by atoms with E-state index in [9.17, 15) is 14.9 Å². The molecule has 1 amide bonds. The van der Waals surface area contributed by atoms with Crippen LogP contribution in [0.5, 0.6) is 11.5 Å². The highest BCUT2D eigenvalue weighted by atomic mass is 35.5. The Kier molecular flexibility index (Phi) is 7.11. The molecule has 3 aromatic rings. The zero-order chi connectivity index (χ0) is 21.3. The average molecular weight is 483 g/mol. The van der Waals surface area contributed by atoms with Crippen molar-refractivity contribution in [1.29, 1.82) is 0 Å². The van der Waals surface area contributed by atoms with Gasteiger partial charge in [0, 0.05) is 42.2 Å². The topological polar surface area (TPSA) is 98.0 Å². The summed E-state index contributed by atoms with van der Waals surface area (Å²) >= 11 is 2.42. The minimum Gasteiger partial charge on any atom is -0.454 e. The number of benzene rings is 1. The van der Waals surface area contributed by atoms with E-state index in [1.165, 1.54) is 23.5 Å². The van der Waals surface area contributed by atoms with E-state index in [-0.39, 0.29) is 30.1 Å². The van der Waals surface area contributed by atoms with Crippen LogP contribution < -0.4 is 14.4 Å². The number of carbonyl (C=O) groups is 1. The molecule has 164 valence electrons. The minimum atomic E-state index is -0.445. The van der Waals surface area contributed by atoms with E-state index in [0.29, 0.717) is 34.6 Å². The molecule has 0 aliphatic carbocycles. The van der Waals surface area contributed by atoms with Crippen LogP contribution in [0.4, 0.5) is 10.1 Å². The molecular formula is C19H19ClN4O5S2. The van der Waals surface area contributed by atoms with Crippen LogP contribution in [0, 0.1) is 10.1 Å². The van der Waals surface area contributed by atoms with Crippen molar-refractivity contribution in [2.24, 2.45) is 0 Å². The van der Waals surface area contributed by atoms with Crippen LogP contribution in [0.1, 0.15) is 4.88 Å². The van der Waals surface area contributed by atoms with E-state index < -0.39 is 4.92 Å². The number of carbonyl (C=O) groups excluding carboxylic acids is 1. The Bertz CT molecular complexity index is 1100. The molecule has 4 rings (SSSR count). The third-order valence-electron chi connectivity index (χ3n) is 4.32. The summed E-state index contributed by atoms with van der Waals surface area (Å²) in [4.78, 5) is 32.2. The highest BCUT2D eigenvalue weighted by Gasteiger charge is 2.21. The molecule has 0 fully saturated rings.